The fourth-order valence-electron chi connectivity index (χ4n) is 2.82. The van der Waals surface area contributed by atoms with Gasteiger partial charge < -0.3 is 10.1 Å². The number of carbonyl (C=O) groups is 1. The molecule has 10 heteroatoms. The second kappa shape index (κ2) is 9.97. The molecule has 0 unspecified atom stereocenters. The summed E-state index contributed by atoms with van der Waals surface area (Å²) >= 11 is 0. The number of alkyl halides is 3. The SMILES string of the molecule is CCN(CC)S(=O)(=O)c1ccc(OC)c(NC(=O)C=Cc2cccc(C(F)(F)F)c2)c1. The van der Waals surface area contributed by atoms with E-state index in [4.69, 9.17) is 4.74 Å². The summed E-state index contributed by atoms with van der Waals surface area (Å²) in [6.07, 6.45) is -2.20. The molecule has 0 aliphatic rings. The van der Waals surface area contributed by atoms with Crippen LogP contribution in [0.2, 0.25) is 0 Å². The van der Waals surface area contributed by atoms with E-state index in [0.29, 0.717) is 0 Å². The van der Waals surface area contributed by atoms with Gasteiger partial charge >= 0.3 is 6.18 Å². The molecule has 2 aromatic carbocycles. The Labute approximate surface area is 179 Å². The Bertz CT molecular complexity index is 1060. The lowest BCUT2D eigenvalue weighted by molar-refractivity contribution is -0.137. The van der Waals surface area contributed by atoms with Crippen LogP contribution in [0.3, 0.4) is 0 Å². The predicted molar refractivity (Wildman–Crippen MR) is 112 cm³/mol. The van der Waals surface area contributed by atoms with Gasteiger partial charge in [-0.05, 0) is 42.0 Å². The van der Waals surface area contributed by atoms with E-state index in [-0.39, 0.29) is 35.0 Å². The summed E-state index contributed by atoms with van der Waals surface area (Å²) in [6.45, 7) is 4.00. The van der Waals surface area contributed by atoms with E-state index in [1.807, 2.05) is 0 Å². The normalized spacial score (nSPS) is 12.4. The van der Waals surface area contributed by atoms with Crippen LogP contribution in [0.4, 0.5) is 18.9 Å². The van der Waals surface area contributed by atoms with Crippen molar-refractivity contribution >= 4 is 27.7 Å². The van der Waals surface area contributed by atoms with Crippen molar-refractivity contribution in [1.82, 2.24) is 4.31 Å². The van der Waals surface area contributed by atoms with Crippen molar-refractivity contribution in [3.8, 4) is 5.75 Å². The fraction of sp³-hybridized carbons (Fsp3) is 0.286. The molecule has 168 valence electrons. The van der Waals surface area contributed by atoms with Gasteiger partial charge in [0.1, 0.15) is 5.75 Å². The van der Waals surface area contributed by atoms with Gasteiger partial charge in [0, 0.05) is 19.2 Å². The number of methoxy groups -OCH3 is 1. The zero-order chi connectivity index (χ0) is 23.2. The van der Waals surface area contributed by atoms with Crippen molar-refractivity contribution in [2.75, 3.05) is 25.5 Å². The summed E-state index contributed by atoms with van der Waals surface area (Å²) in [4.78, 5) is 12.3. The maximum absolute atomic E-state index is 12.8. The number of hydrogen-bond donors (Lipinski definition) is 1. The van der Waals surface area contributed by atoms with Crippen LogP contribution >= 0.6 is 0 Å². The largest absolute Gasteiger partial charge is 0.495 e. The Balaban J connectivity index is 2.27. The van der Waals surface area contributed by atoms with Crippen LogP contribution in [0.25, 0.3) is 6.08 Å². The van der Waals surface area contributed by atoms with Crippen LogP contribution in [0.1, 0.15) is 25.0 Å². The molecule has 0 fully saturated rings. The third kappa shape index (κ3) is 6.08. The van der Waals surface area contributed by atoms with E-state index in [0.717, 1.165) is 18.2 Å². The minimum absolute atomic E-state index is 0.0193. The number of amides is 1. The molecule has 2 aromatic rings. The summed E-state index contributed by atoms with van der Waals surface area (Å²) in [6, 6.07) is 8.60. The quantitative estimate of drug-likeness (QED) is 0.598. The fourth-order valence-corrected chi connectivity index (χ4v) is 4.31. The van der Waals surface area contributed by atoms with Crippen LogP contribution in [0.5, 0.6) is 5.75 Å². The lowest BCUT2D eigenvalue weighted by Gasteiger charge is -2.19. The molecule has 0 saturated carbocycles. The zero-order valence-corrected chi connectivity index (χ0v) is 18.0. The third-order valence-electron chi connectivity index (χ3n) is 4.41. The highest BCUT2D eigenvalue weighted by atomic mass is 32.2. The second-order valence-electron chi connectivity index (χ2n) is 6.40. The molecule has 0 aromatic heterocycles. The van der Waals surface area contributed by atoms with Crippen molar-refractivity contribution < 1.29 is 31.1 Å². The minimum atomic E-state index is -4.49. The van der Waals surface area contributed by atoms with E-state index in [2.05, 4.69) is 5.32 Å². The van der Waals surface area contributed by atoms with Gasteiger partial charge in [-0.1, -0.05) is 26.0 Å². The molecular weight excluding hydrogens is 433 g/mol. The van der Waals surface area contributed by atoms with Crippen molar-refractivity contribution in [1.29, 1.82) is 0 Å². The number of ether oxygens (including phenoxy) is 1. The zero-order valence-electron chi connectivity index (χ0n) is 17.2. The molecule has 6 nitrogen and oxygen atoms in total. The number of anilines is 1. The van der Waals surface area contributed by atoms with E-state index >= 15 is 0 Å². The van der Waals surface area contributed by atoms with Crippen LogP contribution in [0.15, 0.2) is 53.4 Å². The Morgan fingerprint density at radius 2 is 1.81 bits per heavy atom. The Kier molecular flexibility index (Phi) is 7.85. The Morgan fingerprint density at radius 3 is 2.39 bits per heavy atom. The molecule has 0 bridgehead atoms. The van der Waals surface area contributed by atoms with Crippen molar-refractivity contribution in [2.24, 2.45) is 0 Å². The van der Waals surface area contributed by atoms with E-state index < -0.39 is 27.7 Å². The molecule has 0 saturated heterocycles. The molecule has 0 atom stereocenters. The minimum Gasteiger partial charge on any atom is -0.495 e. The molecule has 0 aliphatic heterocycles. The van der Waals surface area contributed by atoms with E-state index in [1.165, 1.54) is 47.8 Å². The third-order valence-corrected chi connectivity index (χ3v) is 6.46. The molecule has 0 aliphatic carbocycles. The van der Waals surface area contributed by atoms with Gasteiger partial charge in [0.2, 0.25) is 15.9 Å². The van der Waals surface area contributed by atoms with Crippen molar-refractivity contribution in [3.63, 3.8) is 0 Å². The number of hydrogen-bond acceptors (Lipinski definition) is 4. The summed E-state index contributed by atoms with van der Waals surface area (Å²) < 4.78 is 70.3. The number of halogens is 3. The van der Waals surface area contributed by atoms with Gasteiger partial charge in [0.25, 0.3) is 0 Å². The van der Waals surface area contributed by atoms with Gasteiger partial charge in [0.15, 0.2) is 0 Å². The first-order chi connectivity index (χ1) is 14.5. The van der Waals surface area contributed by atoms with E-state index in [9.17, 15) is 26.4 Å². The second-order valence-corrected chi connectivity index (χ2v) is 8.34. The standard InChI is InChI=1S/C21H23F3N2O4S/c1-4-26(5-2)31(28,29)17-10-11-19(30-3)18(14-17)25-20(27)12-9-15-7-6-8-16(13-15)21(22,23)24/h6-14H,4-5H2,1-3H3,(H,25,27). The van der Waals surface area contributed by atoms with Gasteiger partial charge in [-0.15, -0.1) is 0 Å². The number of benzene rings is 2. The number of sulfonamides is 1. The average Bonchev–Trinajstić information content (AvgIpc) is 2.72. The van der Waals surface area contributed by atoms with Gasteiger partial charge in [-0.3, -0.25) is 4.79 Å². The Morgan fingerprint density at radius 1 is 1.13 bits per heavy atom. The lowest BCUT2D eigenvalue weighted by Crippen LogP contribution is -2.30. The molecular formula is C21H23F3N2O4S. The summed E-state index contributed by atoms with van der Waals surface area (Å²) in [7, 11) is -2.39. The topological polar surface area (TPSA) is 75.7 Å². The molecule has 31 heavy (non-hydrogen) atoms. The van der Waals surface area contributed by atoms with Crippen LogP contribution in [0, 0.1) is 0 Å². The predicted octanol–water partition coefficient (Wildman–Crippen LogP) is 4.40. The molecule has 0 spiro atoms. The van der Waals surface area contributed by atoms with Gasteiger partial charge in [0.05, 0.1) is 23.3 Å². The highest BCUT2D eigenvalue weighted by molar-refractivity contribution is 7.89. The first-order valence-electron chi connectivity index (χ1n) is 9.37. The van der Waals surface area contributed by atoms with Crippen LogP contribution in [-0.2, 0) is 21.0 Å². The van der Waals surface area contributed by atoms with Crippen LogP contribution in [-0.4, -0.2) is 38.8 Å². The van der Waals surface area contributed by atoms with Crippen molar-refractivity contribution in [3.05, 3.63) is 59.7 Å². The summed E-state index contributed by atoms with van der Waals surface area (Å²) in [5, 5.41) is 2.51. The number of nitrogens with one attached hydrogen (secondary N) is 1. The lowest BCUT2D eigenvalue weighted by atomic mass is 10.1. The van der Waals surface area contributed by atoms with E-state index in [1.54, 1.807) is 13.8 Å². The maximum atomic E-state index is 12.8. The first kappa shape index (κ1) is 24.4. The molecule has 0 radical (unpaired) electrons. The highest BCUT2D eigenvalue weighted by Gasteiger charge is 2.30. The maximum Gasteiger partial charge on any atom is 0.416 e. The molecule has 2 rings (SSSR count). The number of carbonyl (C=O) groups excluding carboxylic acids is 1. The number of nitrogens with zero attached hydrogens (tertiary/aromatic N) is 1. The highest BCUT2D eigenvalue weighted by Crippen LogP contribution is 2.30. The van der Waals surface area contributed by atoms with Gasteiger partial charge in [-0.25, -0.2) is 8.42 Å². The summed E-state index contributed by atoms with van der Waals surface area (Å²) in [5.74, 6) is -0.424. The first-order valence-corrected chi connectivity index (χ1v) is 10.8. The van der Waals surface area contributed by atoms with Crippen LogP contribution < -0.4 is 10.1 Å². The molecule has 0 heterocycles. The molecule has 1 N–H and O–H groups in total. The average molecular weight is 456 g/mol. The molecule has 1 amide bonds. The van der Waals surface area contributed by atoms with Gasteiger partial charge in [-0.2, -0.15) is 17.5 Å². The summed E-state index contributed by atoms with van der Waals surface area (Å²) in [5.41, 5.74) is -0.518. The smallest absolute Gasteiger partial charge is 0.416 e. The number of rotatable bonds is 8. The Hall–Kier alpha value is -2.85. The monoisotopic (exact) mass is 456 g/mol. The van der Waals surface area contributed by atoms with Crippen molar-refractivity contribution in [2.45, 2.75) is 24.9 Å².